The predicted molar refractivity (Wildman–Crippen MR) is 117 cm³/mol. The Kier molecular flexibility index (Phi) is 3.79. The monoisotopic (exact) mass is 373 g/mol. The van der Waals surface area contributed by atoms with Gasteiger partial charge in [-0.1, -0.05) is 78.9 Å². The molecular weight excluding hydrogens is 358 g/mol. The molecule has 0 fully saturated rings. The first-order valence-electron chi connectivity index (χ1n) is 9.28. The first kappa shape index (κ1) is 17.0. The number of nitrogens with zero attached hydrogens (tertiary/aromatic N) is 1. The van der Waals surface area contributed by atoms with E-state index in [0.29, 0.717) is 0 Å². The van der Waals surface area contributed by atoms with Gasteiger partial charge in [0.1, 0.15) is 11.6 Å². The van der Waals surface area contributed by atoms with E-state index < -0.39 is 5.97 Å². The minimum absolute atomic E-state index is 0.273. The summed E-state index contributed by atoms with van der Waals surface area (Å²) in [6.45, 7) is 0. The maximum Gasteiger partial charge on any atom is 0.346 e. The van der Waals surface area contributed by atoms with Crippen LogP contribution in [0.15, 0.2) is 84.4 Å². The van der Waals surface area contributed by atoms with E-state index in [1.165, 1.54) is 6.08 Å². The quantitative estimate of drug-likeness (QED) is 0.231. The summed E-state index contributed by atoms with van der Waals surface area (Å²) in [4.78, 5) is 11.3. The molecule has 0 aliphatic heterocycles. The van der Waals surface area contributed by atoms with E-state index in [1.807, 2.05) is 36.4 Å². The lowest BCUT2D eigenvalue weighted by Gasteiger charge is -2.15. The highest BCUT2D eigenvalue weighted by molar-refractivity contribution is 6.26. The van der Waals surface area contributed by atoms with E-state index in [4.69, 9.17) is 5.26 Å². The van der Waals surface area contributed by atoms with Crippen LogP contribution in [0.3, 0.4) is 0 Å². The van der Waals surface area contributed by atoms with E-state index >= 15 is 0 Å². The number of hydrogen-bond acceptors (Lipinski definition) is 2. The average molecular weight is 373 g/mol. The third kappa shape index (κ3) is 2.62. The Morgan fingerprint density at radius 3 is 2.10 bits per heavy atom. The fourth-order valence-electron chi connectivity index (χ4n) is 4.12. The molecule has 29 heavy (non-hydrogen) atoms. The topological polar surface area (TPSA) is 61.1 Å². The fourth-order valence-corrected chi connectivity index (χ4v) is 4.12. The molecule has 0 aromatic heterocycles. The van der Waals surface area contributed by atoms with Gasteiger partial charge in [-0.15, -0.1) is 0 Å². The Labute approximate surface area is 167 Å². The molecule has 0 atom stereocenters. The van der Waals surface area contributed by atoms with Crippen molar-refractivity contribution in [1.29, 1.82) is 5.26 Å². The van der Waals surface area contributed by atoms with Crippen molar-refractivity contribution in [3.63, 3.8) is 0 Å². The van der Waals surface area contributed by atoms with E-state index in [-0.39, 0.29) is 5.57 Å². The molecular formula is C26H15NO2. The predicted octanol–water partition coefficient (Wildman–Crippen LogP) is 6.24. The molecule has 3 heteroatoms. The Morgan fingerprint density at radius 2 is 1.41 bits per heavy atom. The van der Waals surface area contributed by atoms with E-state index in [2.05, 4.69) is 42.5 Å². The molecule has 0 spiro atoms. The Morgan fingerprint density at radius 1 is 0.793 bits per heavy atom. The second kappa shape index (κ2) is 6.47. The number of carboxylic acid groups (broad SMARTS) is 1. The maximum atomic E-state index is 11.3. The zero-order chi connectivity index (χ0) is 20.0. The summed E-state index contributed by atoms with van der Waals surface area (Å²) < 4.78 is 0. The summed E-state index contributed by atoms with van der Waals surface area (Å²) in [7, 11) is 0. The average Bonchev–Trinajstić information content (AvgIpc) is 2.76. The SMILES string of the molecule is N#C/C(=C\c1ccc2ccc3c(-c4ccccc4)ccc4ccc1c2c43)C(=O)O. The van der Waals surface area contributed by atoms with Crippen LogP contribution in [0.5, 0.6) is 0 Å². The van der Waals surface area contributed by atoms with Gasteiger partial charge in [-0.05, 0) is 55.1 Å². The van der Waals surface area contributed by atoms with Gasteiger partial charge in [0.2, 0.25) is 0 Å². The summed E-state index contributed by atoms with van der Waals surface area (Å²) in [5.41, 5.74) is 2.78. The highest BCUT2D eigenvalue weighted by Crippen LogP contribution is 2.40. The van der Waals surface area contributed by atoms with Crippen LogP contribution >= 0.6 is 0 Å². The van der Waals surface area contributed by atoms with Crippen molar-refractivity contribution < 1.29 is 9.90 Å². The zero-order valence-electron chi connectivity index (χ0n) is 15.4. The number of aliphatic carboxylic acids is 1. The minimum Gasteiger partial charge on any atom is -0.477 e. The highest BCUT2D eigenvalue weighted by Gasteiger charge is 2.14. The third-order valence-corrected chi connectivity index (χ3v) is 5.43. The molecule has 3 nitrogen and oxygen atoms in total. The molecule has 0 radical (unpaired) electrons. The van der Waals surface area contributed by atoms with Crippen LogP contribution < -0.4 is 0 Å². The van der Waals surface area contributed by atoms with Crippen molar-refractivity contribution >= 4 is 44.4 Å². The fraction of sp³-hybridized carbons (Fsp3) is 0. The molecule has 0 amide bonds. The molecule has 0 saturated heterocycles. The van der Waals surface area contributed by atoms with Crippen molar-refractivity contribution in [2.75, 3.05) is 0 Å². The third-order valence-electron chi connectivity index (χ3n) is 5.43. The molecule has 0 aliphatic carbocycles. The van der Waals surface area contributed by atoms with Crippen molar-refractivity contribution in [3.05, 3.63) is 90.0 Å². The highest BCUT2D eigenvalue weighted by atomic mass is 16.4. The number of nitriles is 1. The summed E-state index contributed by atoms with van der Waals surface area (Å²) in [5, 5.41) is 25.0. The van der Waals surface area contributed by atoms with Gasteiger partial charge >= 0.3 is 5.97 Å². The number of carbonyl (C=O) groups is 1. The van der Waals surface area contributed by atoms with Crippen LogP contribution in [-0.4, -0.2) is 11.1 Å². The van der Waals surface area contributed by atoms with Crippen LogP contribution in [-0.2, 0) is 4.79 Å². The molecule has 5 aromatic rings. The van der Waals surface area contributed by atoms with Gasteiger partial charge in [0, 0.05) is 0 Å². The van der Waals surface area contributed by atoms with Gasteiger partial charge in [0.15, 0.2) is 0 Å². The number of hydrogen-bond donors (Lipinski definition) is 1. The molecule has 0 bridgehead atoms. The molecule has 0 aliphatic rings. The van der Waals surface area contributed by atoms with Gasteiger partial charge in [-0.25, -0.2) is 4.79 Å². The van der Waals surface area contributed by atoms with Gasteiger partial charge in [-0.3, -0.25) is 0 Å². The van der Waals surface area contributed by atoms with Crippen LogP contribution in [0.25, 0.3) is 49.5 Å². The summed E-state index contributed by atoms with van der Waals surface area (Å²) in [6, 6.07) is 28.5. The smallest absolute Gasteiger partial charge is 0.346 e. The lowest BCUT2D eigenvalue weighted by atomic mass is 9.88. The zero-order valence-corrected chi connectivity index (χ0v) is 15.4. The lowest BCUT2D eigenvalue weighted by Crippen LogP contribution is -1.97. The summed E-state index contributed by atoms with van der Waals surface area (Å²) >= 11 is 0. The normalized spacial score (nSPS) is 11.9. The number of benzene rings is 5. The Balaban J connectivity index is 1.89. The van der Waals surface area contributed by atoms with Gasteiger partial charge in [0.05, 0.1) is 0 Å². The molecule has 0 heterocycles. The first-order valence-corrected chi connectivity index (χ1v) is 9.28. The number of rotatable bonds is 3. The van der Waals surface area contributed by atoms with E-state index in [1.54, 1.807) is 6.07 Å². The van der Waals surface area contributed by atoms with Gasteiger partial charge < -0.3 is 5.11 Å². The van der Waals surface area contributed by atoms with Crippen LogP contribution in [0.4, 0.5) is 0 Å². The van der Waals surface area contributed by atoms with Crippen LogP contribution in [0.1, 0.15) is 5.56 Å². The standard InChI is InChI=1S/C26H15NO2/c27-15-20(26(28)29)14-19-7-6-17-10-13-23-21(16-4-2-1-3-5-16)11-8-18-9-12-22(19)24(17)25(18)23/h1-14H,(H,28,29)/b20-14+. The van der Waals surface area contributed by atoms with E-state index in [9.17, 15) is 9.90 Å². The second-order valence-corrected chi connectivity index (χ2v) is 7.03. The van der Waals surface area contributed by atoms with Crippen molar-refractivity contribution in [2.45, 2.75) is 0 Å². The van der Waals surface area contributed by atoms with Gasteiger partial charge in [-0.2, -0.15) is 5.26 Å². The van der Waals surface area contributed by atoms with Crippen molar-refractivity contribution in [1.82, 2.24) is 0 Å². The van der Waals surface area contributed by atoms with Crippen LogP contribution in [0, 0.1) is 11.3 Å². The molecule has 136 valence electrons. The van der Waals surface area contributed by atoms with E-state index in [0.717, 1.165) is 49.0 Å². The Bertz CT molecular complexity index is 1470. The van der Waals surface area contributed by atoms with Crippen molar-refractivity contribution in [3.8, 4) is 17.2 Å². The molecule has 0 saturated carbocycles. The minimum atomic E-state index is -1.22. The van der Waals surface area contributed by atoms with Gasteiger partial charge in [0.25, 0.3) is 0 Å². The Hall–Kier alpha value is -4.16. The molecule has 1 N–H and O–H groups in total. The summed E-state index contributed by atoms with van der Waals surface area (Å²) in [6.07, 6.45) is 1.45. The van der Waals surface area contributed by atoms with Crippen molar-refractivity contribution in [2.24, 2.45) is 0 Å². The molecule has 0 unspecified atom stereocenters. The maximum absolute atomic E-state index is 11.3. The molecule has 5 rings (SSSR count). The summed E-state index contributed by atoms with van der Waals surface area (Å²) in [5.74, 6) is -1.22. The first-order chi connectivity index (χ1) is 14.2. The number of carboxylic acids is 1. The molecule has 5 aromatic carbocycles. The second-order valence-electron chi connectivity index (χ2n) is 7.03. The largest absolute Gasteiger partial charge is 0.477 e. The lowest BCUT2D eigenvalue weighted by molar-refractivity contribution is -0.132. The van der Waals surface area contributed by atoms with Crippen LogP contribution in [0.2, 0.25) is 0 Å².